The predicted molar refractivity (Wildman–Crippen MR) is 122 cm³/mol. The van der Waals surface area contributed by atoms with Crippen molar-refractivity contribution >= 4 is 34.7 Å². The summed E-state index contributed by atoms with van der Waals surface area (Å²) in [5, 5.41) is 11.4. The fourth-order valence-corrected chi connectivity index (χ4v) is 4.12. The van der Waals surface area contributed by atoms with Gasteiger partial charge in [0.05, 0.1) is 36.4 Å². The van der Waals surface area contributed by atoms with Crippen LogP contribution in [0.15, 0.2) is 60.2 Å². The van der Waals surface area contributed by atoms with Gasteiger partial charge in [-0.25, -0.2) is 13.2 Å². The summed E-state index contributed by atoms with van der Waals surface area (Å²) in [4.78, 5) is 27.2. The highest BCUT2D eigenvalue weighted by atomic mass is 35.5. The molecule has 1 atom stereocenters. The van der Waals surface area contributed by atoms with Gasteiger partial charge < -0.3 is 14.6 Å². The second-order valence-electron chi connectivity index (χ2n) is 7.51. The maximum Gasteiger partial charge on any atom is 0.300 e. The molecule has 0 radical (unpaired) electrons. The predicted octanol–water partition coefficient (Wildman–Crippen LogP) is 5.40. The third-order valence-corrected chi connectivity index (χ3v) is 5.84. The lowest BCUT2D eigenvalue weighted by atomic mass is 9.94. The number of nitrogens with zero attached hydrogens (tertiary/aromatic N) is 1. The van der Waals surface area contributed by atoms with E-state index in [1.54, 1.807) is 0 Å². The average Bonchev–Trinajstić information content (AvgIpc) is 3.11. The Labute approximate surface area is 202 Å². The van der Waals surface area contributed by atoms with Crippen LogP contribution >= 0.6 is 11.6 Å². The van der Waals surface area contributed by atoms with Crippen molar-refractivity contribution in [2.24, 2.45) is 0 Å². The Hall–Kier alpha value is -3.98. The van der Waals surface area contributed by atoms with E-state index in [2.05, 4.69) is 0 Å². The number of rotatable bonds is 5. The van der Waals surface area contributed by atoms with E-state index < -0.39 is 40.9 Å². The number of ether oxygens (including phenoxy) is 2. The molecule has 6 nitrogen and oxygen atoms in total. The van der Waals surface area contributed by atoms with Crippen molar-refractivity contribution in [2.75, 3.05) is 19.1 Å². The van der Waals surface area contributed by atoms with Crippen LogP contribution in [0.1, 0.15) is 17.2 Å². The first kappa shape index (κ1) is 24.2. The number of hydrogen-bond acceptors (Lipinski definition) is 5. The average molecular weight is 504 g/mol. The van der Waals surface area contributed by atoms with Crippen LogP contribution in [-0.2, 0) is 9.59 Å². The SMILES string of the molecule is COc1cc(/C(O)=C2\C(=O)C(=O)N(c3ccc(F)c(F)c3)C2c2ccc(F)cc2)c(OC)cc1Cl. The first-order valence-electron chi connectivity index (χ1n) is 10.1. The molecule has 0 saturated carbocycles. The molecule has 0 aromatic heterocycles. The summed E-state index contributed by atoms with van der Waals surface area (Å²) in [7, 11) is 2.66. The molecule has 1 aliphatic heterocycles. The second kappa shape index (κ2) is 9.34. The van der Waals surface area contributed by atoms with Crippen LogP contribution in [0.3, 0.4) is 0 Å². The molecule has 180 valence electrons. The minimum Gasteiger partial charge on any atom is -0.507 e. The lowest BCUT2D eigenvalue weighted by molar-refractivity contribution is -0.132. The van der Waals surface area contributed by atoms with Gasteiger partial charge in [-0.1, -0.05) is 23.7 Å². The molecular formula is C25H17ClF3NO5. The summed E-state index contributed by atoms with van der Waals surface area (Å²) in [6.45, 7) is 0. The van der Waals surface area contributed by atoms with Crippen molar-refractivity contribution in [3.05, 3.63) is 93.8 Å². The van der Waals surface area contributed by atoms with Gasteiger partial charge in [0.15, 0.2) is 11.6 Å². The number of Topliss-reactive ketones (excluding diaryl/α,β-unsaturated/α-hetero) is 1. The highest BCUT2D eigenvalue weighted by Crippen LogP contribution is 2.44. The maximum atomic E-state index is 14.0. The van der Waals surface area contributed by atoms with Crippen LogP contribution in [0.5, 0.6) is 11.5 Å². The Bertz CT molecular complexity index is 1370. The third kappa shape index (κ3) is 4.19. The monoisotopic (exact) mass is 503 g/mol. The minimum atomic E-state index is -1.30. The number of methoxy groups -OCH3 is 2. The number of amides is 1. The fraction of sp³-hybridized carbons (Fsp3) is 0.120. The molecule has 0 bridgehead atoms. The molecule has 1 unspecified atom stereocenters. The number of benzene rings is 3. The van der Waals surface area contributed by atoms with E-state index >= 15 is 0 Å². The largest absolute Gasteiger partial charge is 0.507 e. The smallest absolute Gasteiger partial charge is 0.300 e. The van der Waals surface area contributed by atoms with Gasteiger partial charge in [0.2, 0.25) is 0 Å². The first-order chi connectivity index (χ1) is 16.7. The van der Waals surface area contributed by atoms with Gasteiger partial charge >= 0.3 is 0 Å². The molecule has 1 N–H and O–H groups in total. The topological polar surface area (TPSA) is 76.1 Å². The van der Waals surface area contributed by atoms with Gasteiger partial charge in [-0.05, 0) is 35.9 Å². The van der Waals surface area contributed by atoms with Crippen molar-refractivity contribution in [1.29, 1.82) is 0 Å². The fourth-order valence-electron chi connectivity index (χ4n) is 3.88. The van der Waals surface area contributed by atoms with Gasteiger partial charge in [-0.2, -0.15) is 0 Å². The van der Waals surface area contributed by atoms with E-state index in [1.165, 1.54) is 38.5 Å². The summed E-state index contributed by atoms with van der Waals surface area (Å²) in [6.07, 6.45) is 0. The van der Waals surface area contributed by atoms with E-state index in [1.807, 2.05) is 0 Å². The third-order valence-electron chi connectivity index (χ3n) is 5.54. The number of carbonyl (C=O) groups excluding carboxylic acids is 2. The molecule has 10 heteroatoms. The van der Waals surface area contributed by atoms with Crippen LogP contribution in [0.2, 0.25) is 5.02 Å². The number of aliphatic hydroxyl groups is 1. The summed E-state index contributed by atoms with van der Waals surface area (Å²) in [6, 6.07) is 8.88. The van der Waals surface area contributed by atoms with Crippen molar-refractivity contribution < 1.29 is 37.3 Å². The van der Waals surface area contributed by atoms with Crippen molar-refractivity contribution in [1.82, 2.24) is 0 Å². The number of halogens is 4. The molecule has 1 fully saturated rings. The maximum absolute atomic E-state index is 14.0. The molecule has 3 aromatic rings. The number of anilines is 1. The molecular weight excluding hydrogens is 487 g/mol. The van der Waals surface area contributed by atoms with E-state index in [4.69, 9.17) is 21.1 Å². The lowest BCUT2D eigenvalue weighted by Gasteiger charge is -2.25. The first-order valence-corrected chi connectivity index (χ1v) is 10.5. The van der Waals surface area contributed by atoms with Crippen molar-refractivity contribution in [3.63, 3.8) is 0 Å². The Balaban J connectivity index is 2.00. The second-order valence-corrected chi connectivity index (χ2v) is 7.91. The van der Waals surface area contributed by atoms with Crippen LogP contribution in [0, 0.1) is 17.5 Å². The standard InChI is InChI=1S/C25H17ClF3NO5/c1-34-19-11-16(26)20(35-2)10-15(19)23(31)21-22(12-3-5-13(27)6-4-12)30(25(33)24(21)32)14-7-8-17(28)18(29)9-14/h3-11,22,31H,1-2H3/b23-21+. The zero-order chi connectivity index (χ0) is 25.4. The molecule has 35 heavy (non-hydrogen) atoms. The normalized spacial score (nSPS) is 17.1. The molecule has 1 aliphatic rings. The highest BCUT2D eigenvalue weighted by molar-refractivity contribution is 6.51. The molecule has 1 amide bonds. The van der Waals surface area contributed by atoms with E-state index in [-0.39, 0.29) is 38.9 Å². The molecule has 0 spiro atoms. The van der Waals surface area contributed by atoms with Crippen LogP contribution in [0.25, 0.3) is 5.76 Å². The molecule has 1 saturated heterocycles. The van der Waals surface area contributed by atoms with E-state index in [0.29, 0.717) is 0 Å². The summed E-state index contributed by atoms with van der Waals surface area (Å²) in [5.41, 5.74) is -0.296. The summed E-state index contributed by atoms with van der Waals surface area (Å²) >= 11 is 6.13. The van der Waals surface area contributed by atoms with Gasteiger partial charge in [0.1, 0.15) is 23.1 Å². The zero-order valence-electron chi connectivity index (χ0n) is 18.3. The number of carbonyl (C=O) groups is 2. The number of hydrogen-bond donors (Lipinski definition) is 1. The molecule has 4 rings (SSSR count). The Morgan fingerprint density at radius 1 is 0.914 bits per heavy atom. The Morgan fingerprint density at radius 3 is 2.17 bits per heavy atom. The van der Waals surface area contributed by atoms with Crippen LogP contribution in [-0.4, -0.2) is 31.0 Å². The van der Waals surface area contributed by atoms with Gasteiger partial charge in [-0.15, -0.1) is 0 Å². The van der Waals surface area contributed by atoms with Gasteiger partial charge in [0.25, 0.3) is 11.7 Å². The Morgan fingerprint density at radius 2 is 1.57 bits per heavy atom. The quantitative estimate of drug-likeness (QED) is 0.286. The highest BCUT2D eigenvalue weighted by Gasteiger charge is 2.47. The molecule has 0 aliphatic carbocycles. The molecule has 1 heterocycles. The number of aliphatic hydroxyl groups excluding tert-OH is 1. The van der Waals surface area contributed by atoms with E-state index in [0.717, 1.165) is 35.2 Å². The molecule has 3 aromatic carbocycles. The van der Waals surface area contributed by atoms with Gasteiger partial charge in [0, 0.05) is 17.8 Å². The summed E-state index contributed by atoms with van der Waals surface area (Å²) < 4.78 is 51.7. The number of ketones is 1. The van der Waals surface area contributed by atoms with E-state index in [9.17, 15) is 27.9 Å². The van der Waals surface area contributed by atoms with Crippen molar-refractivity contribution in [3.8, 4) is 11.5 Å². The lowest BCUT2D eigenvalue weighted by Crippen LogP contribution is -2.29. The minimum absolute atomic E-state index is 0.0100. The zero-order valence-corrected chi connectivity index (χ0v) is 19.1. The van der Waals surface area contributed by atoms with Crippen molar-refractivity contribution in [2.45, 2.75) is 6.04 Å². The van der Waals surface area contributed by atoms with Gasteiger partial charge in [-0.3, -0.25) is 14.5 Å². The van der Waals surface area contributed by atoms with Crippen LogP contribution < -0.4 is 14.4 Å². The Kier molecular flexibility index (Phi) is 6.45. The summed E-state index contributed by atoms with van der Waals surface area (Å²) in [5.74, 6) is -5.58. The van der Waals surface area contributed by atoms with Crippen LogP contribution in [0.4, 0.5) is 18.9 Å².